The largest absolute Gasteiger partial charge is 0.469 e. The molecule has 0 radical (unpaired) electrons. The van der Waals surface area contributed by atoms with E-state index < -0.39 is 41.7 Å². The molecule has 1 N–H and O–H groups in total. The Morgan fingerprint density at radius 3 is 2.55 bits per heavy atom. The number of hydrogen-bond donors (Lipinski definition) is 1. The molecule has 222 valence electrons. The predicted molar refractivity (Wildman–Crippen MR) is 144 cm³/mol. The van der Waals surface area contributed by atoms with Gasteiger partial charge in [0.05, 0.1) is 19.3 Å². The maximum Gasteiger partial charge on any atom is 0.414 e. The predicted octanol–water partition coefficient (Wildman–Crippen LogP) is 1.75. The van der Waals surface area contributed by atoms with Gasteiger partial charge in [-0.15, -0.1) is 0 Å². The first-order chi connectivity index (χ1) is 20.1. The number of ether oxygens (including phenoxy) is 2. The summed E-state index contributed by atoms with van der Waals surface area (Å²) in [6.45, 7) is 2.26. The van der Waals surface area contributed by atoms with Crippen molar-refractivity contribution < 1.29 is 37.4 Å². The number of halogens is 2. The summed E-state index contributed by atoms with van der Waals surface area (Å²) in [6, 6.07) is 2.97. The minimum atomic E-state index is -0.863. The number of aromatic nitrogens is 3. The van der Waals surface area contributed by atoms with Crippen molar-refractivity contribution in [3.05, 3.63) is 54.1 Å². The molecule has 13 nitrogen and oxygen atoms in total. The molecule has 42 heavy (non-hydrogen) atoms. The normalized spacial score (nSPS) is 17.8. The van der Waals surface area contributed by atoms with Gasteiger partial charge in [-0.1, -0.05) is 0 Å². The Morgan fingerprint density at radius 2 is 1.88 bits per heavy atom. The summed E-state index contributed by atoms with van der Waals surface area (Å²) in [5.74, 6) is -2.69. The summed E-state index contributed by atoms with van der Waals surface area (Å²) >= 11 is 0. The van der Waals surface area contributed by atoms with Crippen LogP contribution in [0.1, 0.15) is 30.3 Å². The SMILES string of the molecule is COC(=O)CC[C@H]1CN(c2cc(F)c(N3CCN(C(=O)[C@@H](C)NC(=O)c4cn5cccnc5n4)CC3)c(F)c2)C(=O)O1. The molecular weight excluding hydrogens is 556 g/mol. The van der Waals surface area contributed by atoms with Crippen LogP contribution in [0.4, 0.5) is 25.0 Å². The first kappa shape index (κ1) is 28.7. The minimum Gasteiger partial charge on any atom is -0.469 e. The molecule has 0 aliphatic carbocycles. The molecule has 0 saturated carbocycles. The van der Waals surface area contributed by atoms with Gasteiger partial charge in [0.1, 0.15) is 23.5 Å². The van der Waals surface area contributed by atoms with Crippen molar-refractivity contribution in [2.24, 2.45) is 0 Å². The van der Waals surface area contributed by atoms with Crippen molar-refractivity contribution in [3.63, 3.8) is 0 Å². The van der Waals surface area contributed by atoms with Crippen LogP contribution in [0.3, 0.4) is 0 Å². The lowest BCUT2D eigenvalue weighted by molar-refractivity contribution is -0.141. The van der Waals surface area contributed by atoms with Crippen molar-refractivity contribution in [2.45, 2.75) is 31.9 Å². The molecule has 2 aliphatic heterocycles. The number of piperazine rings is 1. The number of amides is 3. The first-order valence-corrected chi connectivity index (χ1v) is 13.3. The highest BCUT2D eigenvalue weighted by Crippen LogP contribution is 2.32. The lowest BCUT2D eigenvalue weighted by Crippen LogP contribution is -2.54. The van der Waals surface area contributed by atoms with Crippen molar-refractivity contribution in [2.75, 3.05) is 49.6 Å². The second-order valence-electron chi connectivity index (χ2n) is 9.95. The van der Waals surface area contributed by atoms with Crippen LogP contribution in [0, 0.1) is 11.6 Å². The van der Waals surface area contributed by atoms with E-state index in [0.717, 1.165) is 17.0 Å². The van der Waals surface area contributed by atoms with E-state index in [-0.39, 0.29) is 68.5 Å². The van der Waals surface area contributed by atoms with Gasteiger partial charge in [0, 0.05) is 63.3 Å². The van der Waals surface area contributed by atoms with E-state index >= 15 is 8.78 Å². The van der Waals surface area contributed by atoms with Crippen LogP contribution in [-0.2, 0) is 19.1 Å². The number of imidazole rings is 1. The van der Waals surface area contributed by atoms with Crippen LogP contribution in [0.15, 0.2) is 36.8 Å². The smallest absolute Gasteiger partial charge is 0.414 e. The number of benzene rings is 1. The van der Waals surface area contributed by atoms with Gasteiger partial charge < -0.3 is 24.6 Å². The highest BCUT2D eigenvalue weighted by Gasteiger charge is 2.34. The molecule has 2 aliphatic rings. The highest BCUT2D eigenvalue weighted by molar-refractivity contribution is 5.96. The fraction of sp³-hybridized carbons (Fsp3) is 0.407. The molecular formula is C27H29F2N7O6. The van der Waals surface area contributed by atoms with Crippen molar-refractivity contribution in [1.82, 2.24) is 24.6 Å². The highest BCUT2D eigenvalue weighted by atomic mass is 19.1. The molecule has 2 saturated heterocycles. The summed E-state index contributed by atoms with van der Waals surface area (Å²) in [5.41, 5.74) is -0.145. The molecule has 0 bridgehead atoms. The summed E-state index contributed by atoms with van der Waals surface area (Å²) in [7, 11) is 1.25. The zero-order chi connectivity index (χ0) is 30.0. The van der Waals surface area contributed by atoms with E-state index in [1.165, 1.54) is 23.1 Å². The van der Waals surface area contributed by atoms with Crippen LogP contribution < -0.4 is 15.1 Å². The average Bonchev–Trinajstić information content (AvgIpc) is 3.59. The maximum atomic E-state index is 15.2. The number of hydrogen-bond acceptors (Lipinski definition) is 9. The molecule has 3 amide bonds. The van der Waals surface area contributed by atoms with Crippen molar-refractivity contribution >= 4 is 41.0 Å². The fourth-order valence-corrected chi connectivity index (χ4v) is 4.97. The number of carbonyl (C=O) groups is 4. The molecule has 2 atom stereocenters. The Bertz CT molecular complexity index is 1470. The van der Waals surface area contributed by atoms with Gasteiger partial charge in [-0.3, -0.25) is 23.7 Å². The molecule has 3 aromatic rings. The van der Waals surface area contributed by atoms with Gasteiger partial charge in [0.25, 0.3) is 5.91 Å². The summed E-state index contributed by atoms with van der Waals surface area (Å²) in [6.07, 6.45) is 3.66. The van der Waals surface area contributed by atoms with E-state index in [1.807, 2.05) is 0 Å². The van der Waals surface area contributed by atoms with Gasteiger partial charge in [0.2, 0.25) is 11.7 Å². The zero-order valence-corrected chi connectivity index (χ0v) is 23.0. The minimum absolute atomic E-state index is 0.000845. The first-order valence-electron chi connectivity index (χ1n) is 13.3. The van der Waals surface area contributed by atoms with E-state index in [4.69, 9.17) is 4.74 Å². The van der Waals surface area contributed by atoms with Crippen LogP contribution >= 0.6 is 0 Å². The van der Waals surface area contributed by atoms with Crippen molar-refractivity contribution in [1.29, 1.82) is 0 Å². The van der Waals surface area contributed by atoms with Crippen LogP contribution in [-0.4, -0.2) is 95.1 Å². The Morgan fingerprint density at radius 1 is 1.17 bits per heavy atom. The standard InChI is InChI=1S/C27H29F2N7O6/c1-16(31-24(38)21-15-35-7-3-6-30-26(35)32-21)25(39)34-10-8-33(9-11-34)23-19(28)12-17(13-20(23)29)36-14-18(42-27(36)40)4-5-22(37)41-2/h3,6-7,12-13,15-16,18H,4-5,8-11,14H2,1-2H3,(H,31,38)/t16-,18+/m1/s1. The van der Waals surface area contributed by atoms with Gasteiger partial charge in [-0.25, -0.2) is 23.5 Å². The lowest BCUT2D eigenvalue weighted by Gasteiger charge is -2.37. The molecule has 0 unspecified atom stereocenters. The third-order valence-electron chi connectivity index (χ3n) is 7.18. The van der Waals surface area contributed by atoms with Crippen LogP contribution in [0.5, 0.6) is 0 Å². The van der Waals surface area contributed by atoms with E-state index in [0.29, 0.717) is 5.78 Å². The fourth-order valence-electron chi connectivity index (χ4n) is 4.97. The quantitative estimate of drug-likeness (QED) is 0.392. The average molecular weight is 586 g/mol. The van der Waals surface area contributed by atoms with E-state index in [2.05, 4.69) is 20.0 Å². The summed E-state index contributed by atoms with van der Waals surface area (Å²) in [4.78, 5) is 61.6. The van der Waals surface area contributed by atoms with Crippen LogP contribution in [0.25, 0.3) is 5.78 Å². The number of rotatable bonds is 8. The number of cyclic esters (lactones) is 1. The Labute approximate surface area is 239 Å². The van der Waals surface area contributed by atoms with Crippen molar-refractivity contribution in [3.8, 4) is 0 Å². The molecule has 1 aromatic carbocycles. The zero-order valence-electron chi connectivity index (χ0n) is 23.0. The van der Waals surface area contributed by atoms with E-state index in [9.17, 15) is 19.2 Å². The number of fused-ring (bicyclic) bond motifs is 1. The monoisotopic (exact) mass is 585 g/mol. The number of nitrogens with one attached hydrogen (secondary N) is 1. The van der Waals surface area contributed by atoms with Gasteiger partial charge in [-0.05, 0) is 19.4 Å². The number of esters is 1. The summed E-state index contributed by atoms with van der Waals surface area (Å²) in [5, 5.41) is 2.64. The Kier molecular flexibility index (Phi) is 8.17. The topological polar surface area (TPSA) is 139 Å². The molecule has 2 fully saturated rings. The van der Waals surface area contributed by atoms with Gasteiger partial charge in [-0.2, -0.15) is 0 Å². The number of carbonyl (C=O) groups excluding carboxylic acids is 4. The third kappa shape index (κ3) is 5.94. The Hall–Kier alpha value is -4.82. The van der Waals surface area contributed by atoms with Gasteiger partial charge >= 0.3 is 12.1 Å². The molecule has 4 heterocycles. The second-order valence-corrected chi connectivity index (χ2v) is 9.95. The summed E-state index contributed by atoms with van der Waals surface area (Å²) < 4.78 is 41.7. The number of nitrogens with zero attached hydrogens (tertiary/aromatic N) is 6. The van der Waals surface area contributed by atoms with Gasteiger partial charge in [0.15, 0.2) is 11.6 Å². The number of anilines is 2. The second kappa shape index (κ2) is 12.0. The molecule has 2 aromatic heterocycles. The Balaban J connectivity index is 1.17. The molecule has 15 heteroatoms. The molecule has 5 rings (SSSR count). The third-order valence-corrected chi connectivity index (χ3v) is 7.18. The van der Waals surface area contributed by atoms with E-state index in [1.54, 1.807) is 29.8 Å². The number of methoxy groups -OCH3 is 1. The maximum absolute atomic E-state index is 15.2. The van der Waals surface area contributed by atoms with Crippen LogP contribution in [0.2, 0.25) is 0 Å². The molecule has 0 spiro atoms. The lowest BCUT2D eigenvalue weighted by atomic mass is 10.1.